The number of methoxy groups -OCH3 is 1. The van der Waals surface area contributed by atoms with E-state index in [1.165, 1.54) is 7.11 Å². The van der Waals surface area contributed by atoms with Crippen molar-refractivity contribution in [3.63, 3.8) is 0 Å². The van der Waals surface area contributed by atoms with Gasteiger partial charge in [-0.2, -0.15) is 0 Å². The van der Waals surface area contributed by atoms with Crippen LogP contribution in [0.5, 0.6) is 0 Å². The second kappa shape index (κ2) is 13.6. The van der Waals surface area contributed by atoms with Gasteiger partial charge in [0.25, 0.3) is 0 Å². The third-order valence-corrected chi connectivity index (χ3v) is 3.92. The maximum atomic E-state index is 10.9. The number of unbranched alkanes of at least 4 members (excludes halogenated alkanes) is 1. The van der Waals surface area contributed by atoms with Crippen molar-refractivity contribution in [2.24, 2.45) is 0 Å². The third kappa shape index (κ3) is 10.7. The predicted molar refractivity (Wildman–Crippen MR) is 101 cm³/mol. The topological polar surface area (TPSA) is 59.1 Å². The van der Waals surface area contributed by atoms with Crippen LogP contribution in [0, 0.1) is 0 Å². The SMILES string of the molecule is CCC=CCC=CCC1OC1C(O)C=CCC=CCCCC(=O)OC. The molecule has 0 spiro atoms. The van der Waals surface area contributed by atoms with E-state index in [0.29, 0.717) is 6.42 Å². The minimum Gasteiger partial charge on any atom is -0.469 e. The highest BCUT2D eigenvalue weighted by molar-refractivity contribution is 5.69. The van der Waals surface area contributed by atoms with Gasteiger partial charge in [0.2, 0.25) is 0 Å². The van der Waals surface area contributed by atoms with Crippen molar-refractivity contribution in [1.82, 2.24) is 0 Å². The molecule has 1 aliphatic heterocycles. The van der Waals surface area contributed by atoms with Crippen LogP contribution < -0.4 is 0 Å². The molecular weight excluding hydrogens is 316 g/mol. The first kappa shape index (κ1) is 21.4. The van der Waals surface area contributed by atoms with Gasteiger partial charge in [-0.05, 0) is 38.5 Å². The smallest absolute Gasteiger partial charge is 0.305 e. The number of allylic oxidation sites excluding steroid dienone is 6. The van der Waals surface area contributed by atoms with E-state index in [9.17, 15) is 9.90 Å². The largest absolute Gasteiger partial charge is 0.469 e. The van der Waals surface area contributed by atoms with Crippen LogP contribution in [0.25, 0.3) is 0 Å². The lowest BCUT2D eigenvalue weighted by Gasteiger charge is -1.99. The molecule has 1 heterocycles. The fraction of sp³-hybridized carbons (Fsp3) is 0.571. The van der Waals surface area contributed by atoms with Crippen LogP contribution in [0.4, 0.5) is 0 Å². The van der Waals surface area contributed by atoms with Crippen molar-refractivity contribution >= 4 is 5.97 Å². The number of aliphatic hydroxyl groups excluding tert-OH is 1. The summed E-state index contributed by atoms with van der Waals surface area (Å²) >= 11 is 0. The second-order valence-corrected chi connectivity index (χ2v) is 6.06. The number of ether oxygens (including phenoxy) is 2. The summed E-state index contributed by atoms with van der Waals surface area (Å²) in [7, 11) is 1.41. The summed E-state index contributed by atoms with van der Waals surface area (Å²) in [5.41, 5.74) is 0. The van der Waals surface area contributed by atoms with Crippen molar-refractivity contribution in [2.75, 3.05) is 7.11 Å². The normalized spacial score (nSPS) is 21.7. The molecular formula is C21H32O4. The van der Waals surface area contributed by atoms with Crippen LogP contribution in [0.15, 0.2) is 48.6 Å². The van der Waals surface area contributed by atoms with Crippen molar-refractivity contribution in [1.29, 1.82) is 0 Å². The van der Waals surface area contributed by atoms with Crippen LogP contribution in [-0.4, -0.2) is 36.5 Å². The van der Waals surface area contributed by atoms with E-state index >= 15 is 0 Å². The van der Waals surface area contributed by atoms with Crippen LogP contribution in [0.2, 0.25) is 0 Å². The molecule has 1 saturated heterocycles. The Kier molecular flexibility index (Phi) is 11.7. The van der Waals surface area contributed by atoms with E-state index in [-0.39, 0.29) is 18.2 Å². The number of hydrogen-bond donors (Lipinski definition) is 1. The molecule has 4 nitrogen and oxygen atoms in total. The zero-order valence-corrected chi connectivity index (χ0v) is 15.5. The van der Waals surface area contributed by atoms with E-state index in [1.54, 1.807) is 6.08 Å². The highest BCUT2D eigenvalue weighted by atomic mass is 16.6. The number of epoxide rings is 1. The Balaban J connectivity index is 2.06. The Labute approximate surface area is 151 Å². The number of carbonyl (C=O) groups excluding carboxylic acids is 1. The zero-order valence-electron chi connectivity index (χ0n) is 15.5. The summed E-state index contributed by atoms with van der Waals surface area (Å²) in [5, 5.41) is 10.0. The van der Waals surface area contributed by atoms with E-state index in [0.717, 1.165) is 38.5 Å². The zero-order chi connectivity index (χ0) is 18.3. The Morgan fingerprint density at radius 2 is 1.84 bits per heavy atom. The summed E-state index contributed by atoms with van der Waals surface area (Å²) < 4.78 is 10.1. The molecule has 25 heavy (non-hydrogen) atoms. The molecule has 0 bridgehead atoms. The molecule has 3 atom stereocenters. The second-order valence-electron chi connectivity index (χ2n) is 6.06. The Morgan fingerprint density at radius 1 is 1.12 bits per heavy atom. The highest BCUT2D eigenvalue weighted by Gasteiger charge is 2.42. The molecule has 0 radical (unpaired) electrons. The van der Waals surface area contributed by atoms with Gasteiger partial charge in [0.15, 0.2) is 0 Å². The number of carbonyl (C=O) groups is 1. The average molecular weight is 348 g/mol. The standard InChI is InChI=1S/C21H32O4/c1-3-4-5-6-10-13-16-19-21(25-19)18(22)15-12-9-7-8-11-14-17-20(23)24-2/h4-5,7-8,10,12-13,15,18-19,21-22H,3,6,9,11,14,16-17H2,1-2H3. The summed E-state index contributed by atoms with van der Waals surface area (Å²) in [6.07, 6.45) is 21.7. The summed E-state index contributed by atoms with van der Waals surface area (Å²) in [6, 6.07) is 0. The van der Waals surface area contributed by atoms with Gasteiger partial charge in [-0.1, -0.05) is 55.5 Å². The monoisotopic (exact) mass is 348 g/mol. The molecule has 0 saturated carbocycles. The van der Waals surface area contributed by atoms with E-state index < -0.39 is 6.10 Å². The van der Waals surface area contributed by atoms with E-state index in [1.807, 2.05) is 18.2 Å². The molecule has 1 aliphatic rings. The molecule has 3 unspecified atom stereocenters. The predicted octanol–water partition coefficient (Wildman–Crippen LogP) is 4.26. The number of esters is 1. The minimum absolute atomic E-state index is 0.0730. The molecule has 0 aromatic rings. The Morgan fingerprint density at radius 3 is 2.60 bits per heavy atom. The lowest BCUT2D eigenvalue weighted by Crippen LogP contribution is -2.13. The molecule has 1 rings (SSSR count). The number of rotatable bonds is 13. The summed E-state index contributed by atoms with van der Waals surface area (Å²) in [4.78, 5) is 10.9. The quantitative estimate of drug-likeness (QED) is 0.234. The molecule has 1 fully saturated rings. The fourth-order valence-corrected chi connectivity index (χ4v) is 2.40. The first-order chi connectivity index (χ1) is 12.2. The molecule has 0 aliphatic carbocycles. The lowest BCUT2D eigenvalue weighted by atomic mass is 10.1. The first-order valence-corrected chi connectivity index (χ1v) is 9.21. The van der Waals surface area contributed by atoms with Gasteiger partial charge in [-0.3, -0.25) is 4.79 Å². The molecule has 0 aromatic heterocycles. The molecule has 1 N–H and O–H groups in total. The minimum atomic E-state index is -0.536. The molecule has 0 aromatic carbocycles. The van der Waals surface area contributed by atoms with Gasteiger partial charge in [0.05, 0.1) is 13.2 Å². The van der Waals surface area contributed by atoms with Gasteiger partial charge < -0.3 is 14.6 Å². The Bertz CT molecular complexity index is 476. The average Bonchev–Trinajstić information content (AvgIpc) is 3.39. The number of hydrogen-bond acceptors (Lipinski definition) is 4. The third-order valence-electron chi connectivity index (χ3n) is 3.92. The van der Waals surface area contributed by atoms with Gasteiger partial charge in [0, 0.05) is 6.42 Å². The lowest BCUT2D eigenvalue weighted by molar-refractivity contribution is -0.140. The summed E-state index contributed by atoms with van der Waals surface area (Å²) in [6.45, 7) is 2.12. The maximum absolute atomic E-state index is 10.9. The Hall–Kier alpha value is -1.65. The summed E-state index contributed by atoms with van der Waals surface area (Å²) in [5.74, 6) is -0.164. The van der Waals surface area contributed by atoms with Crippen LogP contribution in [-0.2, 0) is 14.3 Å². The molecule has 4 heteroatoms. The highest BCUT2D eigenvalue weighted by Crippen LogP contribution is 2.29. The first-order valence-electron chi connectivity index (χ1n) is 9.21. The van der Waals surface area contributed by atoms with Gasteiger partial charge in [-0.25, -0.2) is 0 Å². The fourth-order valence-electron chi connectivity index (χ4n) is 2.40. The van der Waals surface area contributed by atoms with Crippen LogP contribution in [0.1, 0.15) is 51.9 Å². The van der Waals surface area contributed by atoms with E-state index in [4.69, 9.17) is 4.74 Å². The van der Waals surface area contributed by atoms with Crippen molar-refractivity contribution in [3.05, 3.63) is 48.6 Å². The van der Waals surface area contributed by atoms with E-state index in [2.05, 4.69) is 36.0 Å². The molecule has 0 amide bonds. The van der Waals surface area contributed by atoms with Crippen molar-refractivity contribution in [3.8, 4) is 0 Å². The van der Waals surface area contributed by atoms with Crippen molar-refractivity contribution < 1.29 is 19.4 Å². The maximum Gasteiger partial charge on any atom is 0.305 e. The van der Waals surface area contributed by atoms with Gasteiger partial charge >= 0.3 is 5.97 Å². The number of aliphatic hydroxyl groups is 1. The van der Waals surface area contributed by atoms with Gasteiger partial charge in [0.1, 0.15) is 12.2 Å². The van der Waals surface area contributed by atoms with Crippen LogP contribution >= 0.6 is 0 Å². The van der Waals surface area contributed by atoms with Crippen LogP contribution in [0.3, 0.4) is 0 Å². The van der Waals surface area contributed by atoms with Gasteiger partial charge in [-0.15, -0.1) is 0 Å². The molecule has 140 valence electrons. The van der Waals surface area contributed by atoms with Crippen molar-refractivity contribution in [2.45, 2.75) is 70.2 Å².